The number of benzene rings is 1. The maximum absolute atomic E-state index is 13.0. The Bertz CT molecular complexity index is 1780. The van der Waals surface area contributed by atoms with Gasteiger partial charge in [0.25, 0.3) is 11.7 Å². The molecule has 2 aliphatic rings. The van der Waals surface area contributed by atoms with Crippen molar-refractivity contribution < 1.29 is 14.1 Å². The first-order valence-electron chi connectivity index (χ1n) is 15.8. The number of H-pyrrole nitrogens is 1. The summed E-state index contributed by atoms with van der Waals surface area (Å²) in [5, 5.41) is 11.8. The zero-order valence-electron chi connectivity index (χ0n) is 25.3. The summed E-state index contributed by atoms with van der Waals surface area (Å²) in [6.07, 6.45) is 12.3. The Balaban J connectivity index is 1.12. The number of hydrogen-bond donors (Lipinski definition) is 2. The van der Waals surface area contributed by atoms with Gasteiger partial charge in [0.05, 0.1) is 23.8 Å². The van der Waals surface area contributed by atoms with Crippen LogP contribution >= 0.6 is 0 Å². The van der Waals surface area contributed by atoms with Crippen LogP contribution in [0, 0.1) is 6.92 Å². The number of nitrogens with zero attached hydrogens (tertiary/aromatic N) is 6. The van der Waals surface area contributed by atoms with E-state index < -0.39 is 0 Å². The standard InChI is InChI=1S/C33H38N8O3/c1-3-4-5-9-28-37-32(40-44-28)33(42)36-27-8-6-7-21-18-22(10-11-24(21)27)25-12-15-34-31-29(25)38-30(39-31)26-19-35-41(20(26)2)23-13-16-43-17-14-23/h10-12,15,18-19,23,27H,3-9,13-14,16-17H2,1-2H3,(H,36,42)(H,34,38,39). The SMILES string of the molecule is CCCCCc1nc(C(=O)NC2CCCc3cc(-c4ccnc5[nH]c(-c6cnn(C7CCOCC7)c6C)nc45)ccc32)no1. The Morgan fingerprint density at radius 2 is 2.00 bits per heavy atom. The van der Waals surface area contributed by atoms with Gasteiger partial charge in [-0.05, 0) is 68.2 Å². The molecule has 1 aliphatic heterocycles. The Labute approximate surface area is 255 Å². The number of carbonyl (C=O) groups is 1. The number of aromatic amines is 1. The van der Waals surface area contributed by atoms with Crippen molar-refractivity contribution >= 4 is 17.1 Å². The minimum absolute atomic E-state index is 0.0993. The van der Waals surface area contributed by atoms with E-state index in [4.69, 9.17) is 19.3 Å². The smallest absolute Gasteiger partial charge is 0.293 e. The number of imidazole rings is 1. The Hall–Kier alpha value is -4.38. The lowest BCUT2D eigenvalue weighted by Gasteiger charge is -2.26. The van der Waals surface area contributed by atoms with Crippen LogP contribution in [0.3, 0.4) is 0 Å². The summed E-state index contributed by atoms with van der Waals surface area (Å²) in [7, 11) is 0. The minimum atomic E-state index is -0.298. The molecule has 11 nitrogen and oxygen atoms in total. The summed E-state index contributed by atoms with van der Waals surface area (Å²) in [5.41, 5.74) is 8.09. The van der Waals surface area contributed by atoms with E-state index in [1.165, 1.54) is 5.56 Å². The lowest BCUT2D eigenvalue weighted by Crippen LogP contribution is -2.31. The van der Waals surface area contributed by atoms with Gasteiger partial charge in [0.2, 0.25) is 5.89 Å². The number of amides is 1. The van der Waals surface area contributed by atoms with Gasteiger partial charge in [0.1, 0.15) is 11.3 Å². The van der Waals surface area contributed by atoms with Crippen LogP contribution in [0.15, 0.2) is 41.2 Å². The number of rotatable bonds is 9. The van der Waals surface area contributed by atoms with E-state index >= 15 is 0 Å². The van der Waals surface area contributed by atoms with Crippen LogP contribution < -0.4 is 5.32 Å². The Morgan fingerprint density at radius 3 is 2.86 bits per heavy atom. The van der Waals surface area contributed by atoms with E-state index in [9.17, 15) is 4.79 Å². The van der Waals surface area contributed by atoms with Gasteiger partial charge >= 0.3 is 0 Å². The predicted molar refractivity (Wildman–Crippen MR) is 165 cm³/mol. The van der Waals surface area contributed by atoms with Gasteiger partial charge in [-0.25, -0.2) is 9.97 Å². The maximum atomic E-state index is 13.0. The van der Waals surface area contributed by atoms with Crippen molar-refractivity contribution in [3.63, 3.8) is 0 Å². The lowest BCUT2D eigenvalue weighted by molar-refractivity contribution is 0.0657. The van der Waals surface area contributed by atoms with Crippen LogP contribution in [0.2, 0.25) is 0 Å². The van der Waals surface area contributed by atoms with Crippen LogP contribution in [0.5, 0.6) is 0 Å². The molecule has 44 heavy (non-hydrogen) atoms. The summed E-state index contributed by atoms with van der Waals surface area (Å²) in [4.78, 5) is 30.4. The average Bonchev–Trinajstić information content (AvgIpc) is 3.80. The first kappa shape index (κ1) is 28.4. The van der Waals surface area contributed by atoms with Crippen LogP contribution in [0.4, 0.5) is 0 Å². The molecule has 1 aromatic carbocycles. The molecule has 11 heteroatoms. The number of pyridine rings is 1. The third kappa shape index (κ3) is 5.52. The molecule has 0 bridgehead atoms. The third-order valence-electron chi connectivity index (χ3n) is 8.96. The number of aryl methyl sites for hydroxylation is 2. The van der Waals surface area contributed by atoms with Crippen molar-refractivity contribution in [3.8, 4) is 22.5 Å². The molecule has 1 fully saturated rings. The lowest BCUT2D eigenvalue weighted by atomic mass is 9.85. The Morgan fingerprint density at radius 1 is 1.11 bits per heavy atom. The molecule has 228 valence electrons. The minimum Gasteiger partial charge on any atom is -0.381 e. The van der Waals surface area contributed by atoms with Crippen molar-refractivity contribution in [1.82, 2.24) is 40.2 Å². The monoisotopic (exact) mass is 594 g/mol. The highest BCUT2D eigenvalue weighted by Gasteiger charge is 2.26. The maximum Gasteiger partial charge on any atom is 0.293 e. The van der Waals surface area contributed by atoms with E-state index in [2.05, 4.69) is 62.2 Å². The van der Waals surface area contributed by atoms with Crippen LogP contribution in [-0.2, 0) is 17.6 Å². The fourth-order valence-corrected chi connectivity index (χ4v) is 6.55. The van der Waals surface area contributed by atoms with Crippen molar-refractivity contribution in [2.24, 2.45) is 0 Å². The first-order valence-corrected chi connectivity index (χ1v) is 15.8. The van der Waals surface area contributed by atoms with Crippen LogP contribution in [0.25, 0.3) is 33.7 Å². The largest absolute Gasteiger partial charge is 0.381 e. The van der Waals surface area contributed by atoms with Gasteiger partial charge in [-0.15, -0.1) is 0 Å². The molecule has 4 aromatic heterocycles. The fraction of sp³-hybridized carbons (Fsp3) is 0.455. The molecule has 0 spiro atoms. The molecule has 1 atom stereocenters. The molecule has 2 N–H and O–H groups in total. The number of nitrogens with one attached hydrogen (secondary N) is 2. The number of ether oxygens (including phenoxy) is 1. The first-order chi connectivity index (χ1) is 21.6. The molecule has 5 aromatic rings. The number of fused-ring (bicyclic) bond motifs is 2. The van der Waals surface area contributed by atoms with Crippen molar-refractivity contribution in [1.29, 1.82) is 0 Å². The van der Waals surface area contributed by atoms with Crippen LogP contribution in [0.1, 0.15) is 97.3 Å². The van der Waals surface area contributed by atoms with E-state index in [-0.39, 0.29) is 17.8 Å². The molecule has 1 unspecified atom stereocenters. The summed E-state index contributed by atoms with van der Waals surface area (Å²) >= 11 is 0. The molecule has 1 saturated heterocycles. The number of carbonyl (C=O) groups excluding carboxylic acids is 1. The highest BCUT2D eigenvalue weighted by atomic mass is 16.5. The third-order valence-corrected chi connectivity index (χ3v) is 8.96. The molecular formula is C33H38N8O3. The van der Waals surface area contributed by atoms with E-state index in [1.54, 1.807) is 0 Å². The zero-order chi connectivity index (χ0) is 30.0. The molecule has 5 heterocycles. The molecule has 1 amide bonds. The summed E-state index contributed by atoms with van der Waals surface area (Å²) in [6.45, 7) is 5.78. The second-order valence-corrected chi connectivity index (χ2v) is 11.9. The normalized spacial score (nSPS) is 17.2. The van der Waals surface area contributed by atoms with Gasteiger partial charge in [-0.1, -0.05) is 43.1 Å². The topological polar surface area (TPSA) is 137 Å². The summed E-state index contributed by atoms with van der Waals surface area (Å²) in [6, 6.07) is 8.73. The summed E-state index contributed by atoms with van der Waals surface area (Å²) in [5.74, 6) is 1.09. The number of aromatic nitrogens is 7. The van der Waals surface area contributed by atoms with Gasteiger partial charge in [0, 0.05) is 37.1 Å². The second kappa shape index (κ2) is 12.3. The molecule has 7 rings (SSSR count). The van der Waals surface area contributed by atoms with Gasteiger partial charge < -0.3 is 19.6 Å². The average molecular weight is 595 g/mol. The highest BCUT2D eigenvalue weighted by molar-refractivity contribution is 5.92. The quantitative estimate of drug-likeness (QED) is 0.196. The van der Waals surface area contributed by atoms with Crippen molar-refractivity contribution in [2.75, 3.05) is 13.2 Å². The van der Waals surface area contributed by atoms with Crippen LogP contribution in [-0.4, -0.2) is 54.0 Å². The van der Waals surface area contributed by atoms with Gasteiger partial charge in [-0.2, -0.15) is 10.1 Å². The Kier molecular flexibility index (Phi) is 7.95. The predicted octanol–water partition coefficient (Wildman–Crippen LogP) is 6.07. The zero-order valence-corrected chi connectivity index (χ0v) is 25.3. The van der Waals surface area contributed by atoms with Gasteiger partial charge in [-0.3, -0.25) is 9.48 Å². The van der Waals surface area contributed by atoms with Crippen molar-refractivity contribution in [2.45, 2.75) is 83.7 Å². The van der Waals surface area contributed by atoms with Gasteiger partial charge in [0.15, 0.2) is 5.65 Å². The second-order valence-electron chi connectivity index (χ2n) is 11.9. The molecule has 1 aliphatic carbocycles. The number of unbranched alkanes of at least 4 members (excludes halogenated alkanes) is 2. The fourth-order valence-electron chi connectivity index (χ4n) is 6.55. The van der Waals surface area contributed by atoms with Crippen molar-refractivity contribution in [3.05, 3.63) is 65.2 Å². The van der Waals surface area contributed by atoms with E-state index in [0.717, 1.165) is 110 Å². The van der Waals surface area contributed by atoms with E-state index in [0.29, 0.717) is 18.4 Å². The highest BCUT2D eigenvalue weighted by Crippen LogP contribution is 2.36. The molecular weight excluding hydrogens is 556 g/mol. The molecule has 0 saturated carbocycles. The molecule has 0 radical (unpaired) electrons. The summed E-state index contributed by atoms with van der Waals surface area (Å²) < 4.78 is 13.0. The van der Waals surface area contributed by atoms with E-state index in [1.807, 2.05) is 18.5 Å². The number of hydrogen-bond acceptors (Lipinski definition) is 8.